The molecule has 1 heterocycles. The summed E-state index contributed by atoms with van der Waals surface area (Å²) in [5, 5.41) is 3.21. The number of rotatable bonds is 7. The third-order valence-corrected chi connectivity index (χ3v) is 6.24. The van der Waals surface area contributed by atoms with Crippen molar-refractivity contribution in [2.24, 2.45) is 0 Å². The van der Waals surface area contributed by atoms with Gasteiger partial charge in [0.2, 0.25) is 5.91 Å². The zero-order chi connectivity index (χ0) is 19.1. The largest absolute Gasteiger partial charge is 0.325 e. The fraction of sp³-hybridized carbons (Fsp3) is 0.435. The van der Waals surface area contributed by atoms with Crippen molar-refractivity contribution in [3.8, 4) is 0 Å². The number of hydrogen-bond donors (Lipinski definition) is 1. The SMILES string of the molecule is CCCC(C(=O)Nc1cccc(CN2CCSCC2)c1C)c1ccccc1. The van der Waals surface area contributed by atoms with Crippen LogP contribution in [0.3, 0.4) is 0 Å². The third-order valence-electron chi connectivity index (χ3n) is 5.30. The Hall–Kier alpha value is -1.78. The minimum Gasteiger partial charge on any atom is -0.325 e. The predicted octanol–water partition coefficient (Wildman–Crippen LogP) is 5.07. The van der Waals surface area contributed by atoms with Crippen molar-refractivity contribution in [1.82, 2.24) is 4.90 Å². The number of amides is 1. The van der Waals surface area contributed by atoms with Crippen LogP contribution in [0.2, 0.25) is 0 Å². The maximum absolute atomic E-state index is 13.0. The van der Waals surface area contributed by atoms with Crippen molar-refractivity contribution < 1.29 is 4.79 Å². The second-order valence-corrected chi connectivity index (χ2v) is 8.44. The summed E-state index contributed by atoms with van der Waals surface area (Å²) in [5.74, 6) is 2.42. The van der Waals surface area contributed by atoms with Gasteiger partial charge in [0.25, 0.3) is 0 Å². The molecule has 144 valence electrons. The van der Waals surface area contributed by atoms with E-state index in [0.29, 0.717) is 0 Å². The molecule has 1 atom stereocenters. The number of hydrogen-bond acceptors (Lipinski definition) is 3. The van der Waals surface area contributed by atoms with Gasteiger partial charge in [0, 0.05) is 36.8 Å². The lowest BCUT2D eigenvalue weighted by molar-refractivity contribution is -0.117. The second-order valence-electron chi connectivity index (χ2n) is 7.22. The van der Waals surface area contributed by atoms with Gasteiger partial charge in [0.1, 0.15) is 0 Å². The highest BCUT2D eigenvalue weighted by molar-refractivity contribution is 7.99. The average molecular weight is 383 g/mol. The molecule has 27 heavy (non-hydrogen) atoms. The maximum Gasteiger partial charge on any atom is 0.231 e. The summed E-state index contributed by atoms with van der Waals surface area (Å²) >= 11 is 2.03. The Balaban J connectivity index is 1.73. The van der Waals surface area contributed by atoms with Crippen LogP contribution >= 0.6 is 11.8 Å². The first-order valence-electron chi connectivity index (χ1n) is 9.93. The van der Waals surface area contributed by atoms with Gasteiger partial charge in [-0.3, -0.25) is 9.69 Å². The fourth-order valence-electron chi connectivity index (χ4n) is 3.63. The lowest BCUT2D eigenvalue weighted by atomic mass is 9.93. The van der Waals surface area contributed by atoms with E-state index >= 15 is 0 Å². The number of benzene rings is 2. The van der Waals surface area contributed by atoms with Crippen LogP contribution in [-0.4, -0.2) is 35.4 Å². The summed E-state index contributed by atoms with van der Waals surface area (Å²) in [4.78, 5) is 15.5. The van der Waals surface area contributed by atoms with Crippen LogP contribution in [0.5, 0.6) is 0 Å². The zero-order valence-corrected chi connectivity index (χ0v) is 17.2. The molecule has 3 rings (SSSR count). The summed E-state index contributed by atoms with van der Waals surface area (Å²) in [7, 11) is 0. The molecule has 1 saturated heterocycles. The number of nitrogens with one attached hydrogen (secondary N) is 1. The van der Waals surface area contributed by atoms with Gasteiger partial charge in [-0.25, -0.2) is 0 Å². The van der Waals surface area contributed by atoms with Crippen LogP contribution in [0.1, 0.15) is 42.4 Å². The molecule has 1 aliphatic heterocycles. The molecule has 1 aliphatic rings. The summed E-state index contributed by atoms with van der Waals surface area (Å²) in [6, 6.07) is 16.4. The molecule has 3 nitrogen and oxygen atoms in total. The molecule has 1 amide bonds. The molecule has 0 spiro atoms. The molecule has 0 aromatic heterocycles. The van der Waals surface area contributed by atoms with Gasteiger partial charge < -0.3 is 5.32 Å². The topological polar surface area (TPSA) is 32.3 Å². The Morgan fingerprint density at radius 3 is 2.56 bits per heavy atom. The summed E-state index contributed by atoms with van der Waals surface area (Å²) in [5.41, 5.74) is 4.54. The molecule has 0 aliphatic carbocycles. The molecule has 0 bridgehead atoms. The minimum absolute atomic E-state index is 0.0951. The second kappa shape index (κ2) is 9.95. The zero-order valence-electron chi connectivity index (χ0n) is 16.4. The van der Waals surface area contributed by atoms with Gasteiger partial charge in [-0.05, 0) is 36.1 Å². The Bertz CT molecular complexity index is 741. The number of thioether (sulfide) groups is 1. The molecule has 2 aromatic rings. The number of carbonyl (C=O) groups excluding carboxylic acids is 1. The summed E-state index contributed by atoms with van der Waals surface area (Å²) in [6.45, 7) is 7.51. The van der Waals surface area contributed by atoms with E-state index in [4.69, 9.17) is 0 Å². The molecule has 0 saturated carbocycles. The third kappa shape index (κ3) is 5.36. The van der Waals surface area contributed by atoms with Crippen molar-refractivity contribution >= 4 is 23.4 Å². The maximum atomic E-state index is 13.0. The highest BCUT2D eigenvalue weighted by Crippen LogP contribution is 2.26. The van der Waals surface area contributed by atoms with E-state index in [1.165, 1.54) is 22.6 Å². The van der Waals surface area contributed by atoms with Crippen molar-refractivity contribution in [1.29, 1.82) is 0 Å². The number of nitrogens with zero attached hydrogens (tertiary/aromatic N) is 1. The Morgan fingerprint density at radius 2 is 1.85 bits per heavy atom. The molecule has 1 N–H and O–H groups in total. The van der Waals surface area contributed by atoms with Gasteiger partial charge in [0.05, 0.1) is 5.92 Å². The smallest absolute Gasteiger partial charge is 0.231 e. The van der Waals surface area contributed by atoms with Crippen LogP contribution in [0.15, 0.2) is 48.5 Å². The minimum atomic E-state index is -0.0987. The van der Waals surface area contributed by atoms with Crippen LogP contribution in [0.25, 0.3) is 0 Å². The lowest BCUT2D eigenvalue weighted by Crippen LogP contribution is -2.32. The van der Waals surface area contributed by atoms with Crippen molar-refractivity contribution in [3.05, 3.63) is 65.2 Å². The Morgan fingerprint density at radius 1 is 1.11 bits per heavy atom. The molecule has 2 aromatic carbocycles. The Kier molecular flexibility index (Phi) is 7.36. The van der Waals surface area contributed by atoms with Crippen LogP contribution in [0, 0.1) is 6.92 Å². The van der Waals surface area contributed by atoms with Gasteiger partial charge >= 0.3 is 0 Å². The molecular weight excluding hydrogens is 352 g/mol. The van der Waals surface area contributed by atoms with Gasteiger partial charge in [0.15, 0.2) is 0 Å². The monoisotopic (exact) mass is 382 g/mol. The standard InChI is InChI=1S/C23H30N2OS/c1-3-8-21(19-9-5-4-6-10-19)23(26)24-22-12-7-11-20(18(22)2)17-25-13-15-27-16-14-25/h4-7,9-12,21H,3,8,13-17H2,1-2H3,(H,24,26). The highest BCUT2D eigenvalue weighted by atomic mass is 32.2. The highest BCUT2D eigenvalue weighted by Gasteiger charge is 2.21. The van der Waals surface area contributed by atoms with E-state index in [1.54, 1.807) is 0 Å². The molecule has 4 heteroatoms. The van der Waals surface area contributed by atoms with Gasteiger partial charge in [-0.15, -0.1) is 0 Å². The average Bonchev–Trinajstić information content (AvgIpc) is 2.70. The van der Waals surface area contributed by atoms with Gasteiger partial charge in [-0.1, -0.05) is 55.8 Å². The number of anilines is 1. The van der Waals surface area contributed by atoms with Crippen molar-refractivity contribution in [2.75, 3.05) is 29.9 Å². The first-order chi connectivity index (χ1) is 13.2. The predicted molar refractivity (Wildman–Crippen MR) is 117 cm³/mol. The quantitative estimate of drug-likeness (QED) is 0.726. The van der Waals surface area contributed by atoms with E-state index in [2.05, 4.69) is 48.3 Å². The summed E-state index contributed by atoms with van der Waals surface area (Å²) in [6.07, 6.45) is 1.85. The summed E-state index contributed by atoms with van der Waals surface area (Å²) < 4.78 is 0. The van der Waals surface area contributed by atoms with E-state index in [-0.39, 0.29) is 11.8 Å². The van der Waals surface area contributed by atoms with E-state index < -0.39 is 0 Å². The van der Waals surface area contributed by atoms with E-state index in [0.717, 1.165) is 43.7 Å². The fourth-order valence-corrected chi connectivity index (χ4v) is 4.61. The Labute approximate surface area is 167 Å². The van der Waals surface area contributed by atoms with Gasteiger partial charge in [-0.2, -0.15) is 11.8 Å². The number of carbonyl (C=O) groups is 1. The van der Waals surface area contributed by atoms with E-state index in [1.807, 2.05) is 36.0 Å². The lowest BCUT2D eigenvalue weighted by Gasteiger charge is -2.27. The van der Waals surface area contributed by atoms with Crippen molar-refractivity contribution in [3.63, 3.8) is 0 Å². The van der Waals surface area contributed by atoms with Crippen molar-refractivity contribution in [2.45, 2.75) is 39.2 Å². The normalized spacial score (nSPS) is 16.1. The molecular formula is C23H30N2OS. The first kappa shape index (κ1) is 20.0. The first-order valence-corrected chi connectivity index (χ1v) is 11.1. The molecule has 1 unspecified atom stereocenters. The molecule has 0 radical (unpaired) electrons. The van der Waals surface area contributed by atoms with E-state index in [9.17, 15) is 4.79 Å². The van der Waals surface area contributed by atoms with Crippen LogP contribution < -0.4 is 5.32 Å². The van der Waals surface area contributed by atoms with Crippen LogP contribution in [-0.2, 0) is 11.3 Å². The molecule has 1 fully saturated rings. The van der Waals surface area contributed by atoms with Crippen LogP contribution in [0.4, 0.5) is 5.69 Å².